The first-order chi connectivity index (χ1) is 11.7. The highest BCUT2D eigenvalue weighted by molar-refractivity contribution is 5.77. The van der Waals surface area contributed by atoms with Crippen LogP contribution in [-0.2, 0) is 14.3 Å². The summed E-state index contributed by atoms with van der Waals surface area (Å²) in [4.78, 5) is 14.1. The van der Waals surface area contributed by atoms with Crippen LogP contribution in [0.15, 0.2) is 24.3 Å². The molecule has 0 bridgehead atoms. The van der Waals surface area contributed by atoms with Crippen molar-refractivity contribution in [2.75, 3.05) is 53.7 Å². The molecule has 0 radical (unpaired) electrons. The number of carbonyl (C=O) groups is 1. The van der Waals surface area contributed by atoms with Crippen LogP contribution in [0.1, 0.15) is 12.8 Å². The molecule has 0 saturated carbocycles. The van der Waals surface area contributed by atoms with E-state index in [0.29, 0.717) is 24.9 Å². The van der Waals surface area contributed by atoms with Crippen molar-refractivity contribution in [3.05, 3.63) is 24.3 Å². The third kappa shape index (κ3) is 6.02. The highest BCUT2D eigenvalue weighted by Gasteiger charge is 2.23. The molecule has 0 aliphatic carbocycles. The number of benzene rings is 1. The zero-order chi connectivity index (χ0) is 17.2. The molecule has 1 fully saturated rings. The number of hydrogen-bond donors (Lipinski definition) is 0. The van der Waals surface area contributed by atoms with Crippen LogP contribution in [0.25, 0.3) is 0 Å². The lowest BCUT2D eigenvalue weighted by Crippen LogP contribution is -2.41. The molecular formula is C18H27NO5. The summed E-state index contributed by atoms with van der Waals surface area (Å²) in [6.45, 7) is 3.60. The molecule has 2 rings (SSSR count). The van der Waals surface area contributed by atoms with Gasteiger partial charge in [-0.2, -0.15) is 0 Å². The van der Waals surface area contributed by atoms with Gasteiger partial charge in [-0.3, -0.25) is 4.79 Å². The van der Waals surface area contributed by atoms with Crippen molar-refractivity contribution in [2.24, 2.45) is 5.92 Å². The smallest absolute Gasteiger partial charge is 0.260 e. The van der Waals surface area contributed by atoms with Crippen molar-refractivity contribution in [3.8, 4) is 11.5 Å². The van der Waals surface area contributed by atoms with Crippen LogP contribution in [0.5, 0.6) is 11.5 Å². The monoisotopic (exact) mass is 337 g/mol. The Hall–Kier alpha value is -1.79. The summed E-state index contributed by atoms with van der Waals surface area (Å²) in [5.41, 5.74) is 0. The molecule has 6 nitrogen and oxygen atoms in total. The lowest BCUT2D eigenvalue weighted by Gasteiger charge is -2.31. The van der Waals surface area contributed by atoms with E-state index in [1.54, 1.807) is 26.4 Å². The van der Waals surface area contributed by atoms with E-state index < -0.39 is 0 Å². The first-order valence-electron chi connectivity index (χ1n) is 8.34. The molecule has 1 aromatic rings. The number of rotatable bonds is 9. The Bertz CT molecular complexity index is 483. The molecule has 1 amide bonds. The molecule has 24 heavy (non-hydrogen) atoms. The van der Waals surface area contributed by atoms with Crippen molar-refractivity contribution in [2.45, 2.75) is 12.8 Å². The first-order valence-corrected chi connectivity index (χ1v) is 8.34. The quantitative estimate of drug-likeness (QED) is 0.645. The number of methoxy groups -OCH3 is 2. The topological polar surface area (TPSA) is 57.2 Å². The molecule has 1 heterocycles. The van der Waals surface area contributed by atoms with Gasteiger partial charge in [0, 0.05) is 26.8 Å². The van der Waals surface area contributed by atoms with Crippen LogP contribution in [0.4, 0.5) is 0 Å². The Morgan fingerprint density at radius 1 is 1.08 bits per heavy atom. The average Bonchev–Trinajstić information content (AvgIpc) is 2.64. The zero-order valence-electron chi connectivity index (χ0n) is 14.5. The molecular weight excluding hydrogens is 310 g/mol. The Morgan fingerprint density at radius 2 is 1.75 bits per heavy atom. The maximum absolute atomic E-state index is 12.2. The predicted molar refractivity (Wildman–Crippen MR) is 90.5 cm³/mol. The normalized spacial score (nSPS) is 15.3. The van der Waals surface area contributed by atoms with Gasteiger partial charge >= 0.3 is 0 Å². The summed E-state index contributed by atoms with van der Waals surface area (Å²) in [6, 6.07) is 7.23. The average molecular weight is 337 g/mol. The lowest BCUT2D eigenvalue weighted by molar-refractivity contribution is -0.135. The van der Waals surface area contributed by atoms with Crippen LogP contribution >= 0.6 is 0 Å². The maximum Gasteiger partial charge on any atom is 0.260 e. The standard InChI is InChI=1S/C18H27NO5/c1-21-11-12-23-13-15-7-9-19(10-8-15)18(20)14-24-17-5-3-16(22-2)4-6-17/h3-6,15H,7-14H2,1-2H3. The second kappa shape index (κ2) is 10.2. The summed E-state index contributed by atoms with van der Waals surface area (Å²) in [5.74, 6) is 1.99. The van der Waals surface area contributed by atoms with Gasteiger partial charge in [0.2, 0.25) is 0 Å². The molecule has 0 atom stereocenters. The minimum Gasteiger partial charge on any atom is -0.497 e. The molecule has 0 aromatic heterocycles. The van der Waals surface area contributed by atoms with Crippen molar-refractivity contribution in [1.82, 2.24) is 4.90 Å². The van der Waals surface area contributed by atoms with E-state index in [1.807, 2.05) is 17.0 Å². The Kier molecular flexibility index (Phi) is 7.85. The van der Waals surface area contributed by atoms with Crippen LogP contribution in [0.2, 0.25) is 0 Å². The van der Waals surface area contributed by atoms with Crippen LogP contribution in [-0.4, -0.2) is 64.5 Å². The van der Waals surface area contributed by atoms with Gasteiger partial charge in [-0.15, -0.1) is 0 Å². The molecule has 0 spiro atoms. The number of nitrogens with zero attached hydrogens (tertiary/aromatic N) is 1. The van der Waals surface area contributed by atoms with Crippen molar-refractivity contribution in [1.29, 1.82) is 0 Å². The second-order valence-corrected chi connectivity index (χ2v) is 5.86. The first kappa shape index (κ1) is 18.5. The van der Waals surface area contributed by atoms with Gasteiger partial charge in [0.05, 0.1) is 20.3 Å². The number of amides is 1. The van der Waals surface area contributed by atoms with E-state index in [2.05, 4.69) is 0 Å². The summed E-state index contributed by atoms with van der Waals surface area (Å²) >= 11 is 0. The van der Waals surface area contributed by atoms with Gasteiger partial charge in [0.15, 0.2) is 6.61 Å². The highest BCUT2D eigenvalue weighted by Crippen LogP contribution is 2.19. The maximum atomic E-state index is 12.2. The molecule has 0 N–H and O–H groups in total. The van der Waals surface area contributed by atoms with Crippen LogP contribution < -0.4 is 9.47 Å². The van der Waals surface area contributed by atoms with Gasteiger partial charge in [-0.05, 0) is 43.0 Å². The lowest BCUT2D eigenvalue weighted by atomic mass is 9.98. The zero-order valence-corrected chi connectivity index (χ0v) is 14.5. The minimum absolute atomic E-state index is 0.0320. The third-order valence-corrected chi connectivity index (χ3v) is 4.17. The van der Waals surface area contributed by atoms with Crippen molar-refractivity contribution < 1.29 is 23.7 Å². The van der Waals surface area contributed by atoms with Crippen LogP contribution in [0, 0.1) is 5.92 Å². The fourth-order valence-corrected chi connectivity index (χ4v) is 2.65. The molecule has 1 aliphatic rings. The molecule has 1 aromatic carbocycles. The molecule has 0 unspecified atom stereocenters. The number of ether oxygens (including phenoxy) is 4. The van der Waals surface area contributed by atoms with E-state index in [-0.39, 0.29) is 12.5 Å². The molecule has 6 heteroatoms. The minimum atomic E-state index is 0.0320. The summed E-state index contributed by atoms with van der Waals surface area (Å²) in [6.07, 6.45) is 1.95. The van der Waals surface area contributed by atoms with Crippen molar-refractivity contribution in [3.63, 3.8) is 0 Å². The molecule has 1 aliphatic heterocycles. The van der Waals surface area contributed by atoms with E-state index >= 15 is 0 Å². The van der Waals surface area contributed by atoms with Gasteiger partial charge in [0.25, 0.3) is 5.91 Å². The van der Waals surface area contributed by atoms with Gasteiger partial charge in [0.1, 0.15) is 11.5 Å². The number of carbonyl (C=O) groups excluding carboxylic acids is 1. The number of piperidine rings is 1. The Balaban J connectivity index is 1.65. The van der Waals surface area contributed by atoms with E-state index in [4.69, 9.17) is 18.9 Å². The van der Waals surface area contributed by atoms with Gasteiger partial charge < -0.3 is 23.8 Å². The largest absolute Gasteiger partial charge is 0.497 e. The summed E-state index contributed by atoms with van der Waals surface area (Å²) in [5, 5.41) is 0. The van der Waals surface area contributed by atoms with Crippen molar-refractivity contribution >= 4 is 5.91 Å². The Morgan fingerprint density at radius 3 is 2.38 bits per heavy atom. The second-order valence-electron chi connectivity index (χ2n) is 5.86. The highest BCUT2D eigenvalue weighted by atomic mass is 16.5. The van der Waals surface area contributed by atoms with E-state index in [0.717, 1.165) is 38.3 Å². The van der Waals surface area contributed by atoms with E-state index in [9.17, 15) is 4.79 Å². The fraction of sp³-hybridized carbons (Fsp3) is 0.611. The predicted octanol–water partition coefficient (Wildman–Crippen LogP) is 1.98. The summed E-state index contributed by atoms with van der Waals surface area (Å²) < 4.78 is 21.2. The van der Waals surface area contributed by atoms with Gasteiger partial charge in [-0.1, -0.05) is 0 Å². The van der Waals surface area contributed by atoms with Crippen LogP contribution in [0.3, 0.4) is 0 Å². The fourth-order valence-electron chi connectivity index (χ4n) is 2.65. The third-order valence-electron chi connectivity index (χ3n) is 4.17. The molecule has 1 saturated heterocycles. The van der Waals surface area contributed by atoms with E-state index in [1.165, 1.54) is 0 Å². The summed E-state index contributed by atoms with van der Waals surface area (Å²) in [7, 11) is 3.28. The SMILES string of the molecule is COCCOCC1CCN(C(=O)COc2ccc(OC)cc2)CC1. The molecule has 134 valence electrons. The number of hydrogen-bond acceptors (Lipinski definition) is 5. The number of likely N-dealkylation sites (tertiary alicyclic amines) is 1. The Labute approximate surface area is 143 Å². The van der Waals surface area contributed by atoms with Gasteiger partial charge in [-0.25, -0.2) is 0 Å².